The zero-order chi connectivity index (χ0) is 22.7. The van der Waals surface area contributed by atoms with Gasteiger partial charge in [-0.15, -0.1) is 0 Å². The summed E-state index contributed by atoms with van der Waals surface area (Å²) >= 11 is 0. The van der Waals surface area contributed by atoms with Crippen molar-refractivity contribution in [3.63, 3.8) is 0 Å². The molecule has 4 rings (SSSR count). The Balaban J connectivity index is 1.72. The molecule has 1 aromatic heterocycles. The minimum atomic E-state index is -3.97. The average molecular weight is 450 g/mol. The zero-order valence-corrected chi connectivity index (χ0v) is 17.6. The van der Waals surface area contributed by atoms with Crippen molar-refractivity contribution in [2.24, 2.45) is 0 Å². The molecule has 3 N–H and O–H groups in total. The third-order valence-electron chi connectivity index (χ3n) is 4.57. The van der Waals surface area contributed by atoms with E-state index in [0.717, 1.165) is 0 Å². The predicted molar refractivity (Wildman–Crippen MR) is 120 cm³/mol. The van der Waals surface area contributed by atoms with Gasteiger partial charge in [0.1, 0.15) is 5.75 Å². The molecule has 0 radical (unpaired) electrons. The first kappa shape index (κ1) is 21.1. The minimum absolute atomic E-state index is 0.00169. The Bertz CT molecular complexity index is 1390. The first-order chi connectivity index (χ1) is 15.4. The Morgan fingerprint density at radius 2 is 1.47 bits per heavy atom. The van der Waals surface area contributed by atoms with E-state index < -0.39 is 16.0 Å². The van der Waals surface area contributed by atoms with E-state index in [9.17, 15) is 13.2 Å². The van der Waals surface area contributed by atoms with Gasteiger partial charge in [-0.25, -0.2) is 23.2 Å². The molecule has 0 unspecified atom stereocenters. The normalized spacial score (nSPS) is 11.2. The SMILES string of the molecule is COc1ccc(S(=O)(=O)Nc2nc3ccccc3nc2Nc2ccc(C(=O)O)cc2)cc1. The summed E-state index contributed by atoms with van der Waals surface area (Å²) in [5.41, 5.74) is 1.71. The van der Waals surface area contributed by atoms with Gasteiger partial charge in [0, 0.05) is 5.69 Å². The molecule has 3 aromatic carbocycles. The number of carboxylic acids is 1. The van der Waals surface area contributed by atoms with Gasteiger partial charge in [-0.2, -0.15) is 0 Å². The van der Waals surface area contributed by atoms with Crippen LogP contribution in [0, 0.1) is 0 Å². The van der Waals surface area contributed by atoms with Crippen molar-refractivity contribution in [2.75, 3.05) is 17.1 Å². The molecule has 4 aromatic rings. The lowest BCUT2D eigenvalue weighted by Gasteiger charge is -2.14. The third-order valence-corrected chi connectivity index (χ3v) is 5.92. The van der Waals surface area contributed by atoms with Crippen LogP contribution in [0.1, 0.15) is 10.4 Å². The molecule has 0 saturated carbocycles. The van der Waals surface area contributed by atoms with E-state index >= 15 is 0 Å². The van der Waals surface area contributed by atoms with Crippen molar-refractivity contribution in [3.8, 4) is 5.75 Å². The summed E-state index contributed by atoms with van der Waals surface area (Å²) in [5.74, 6) is -0.345. The fourth-order valence-corrected chi connectivity index (χ4v) is 3.94. The number of para-hydroxylation sites is 2. The quantitative estimate of drug-likeness (QED) is 0.387. The first-order valence-corrected chi connectivity index (χ1v) is 10.9. The number of fused-ring (bicyclic) bond motifs is 1. The average Bonchev–Trinajstić information content (AvgIpc) is 2.79. The highest BCUT2D eigenvalue weighted by Gasteiger charge is 2.19. The highest BCUT2D eigenvalue weighted by atomic mass is 32.2. The summed E-state index contributed by atoms with van der Waals surface area (Å²) < 4.78 is 33.5. The van der Waals surface area contributed by atoms with E-state index in [2.05, 4.69) is 20.0 Å². The van der Waals surface area contributed by atoms with Crippen LogP contribution in [-0.2, 0) is 10.0 Å². The number of benzene rings is 3. The first-order valence-electron chi connectivity index (χ1n) is 9.40. The number of aromatic carboxylic acids is 1. The molecule has 0 aliphatic rings. The summed E-state index contributed by atoms with van der Waals surface area (Å²) in [6.07, 6.45) is 0. The molecule has 1 heterocycles. The van der Waals surface area contributed by atoms with Crippen LogP contribution < -0.4 is 14.8 Å². The highest BCUT2D eigenvalue weighted by Crippen LogP contribution is 2.27. The molecular formula is C22H18N4O5S. The van der Waals surface area contributed by atoms with Crippen LogP contribution in [0.5, 0.6) is 5.75 Å². The van der Waals surface area contributed by atoms with Crippen molar-refractivity contribution in [2.45, 2.75) is 4.90 Å². The van der Waals surface area contributed by atoms with Gasteiger partial charge < -0.3 is 15.2 Å². The van der Waals surface area contributed by atoms with Gasteiger partial charge in [0.2, 0.25) is 0 Å². The van der Waals surface area contributed by atoms with Gasteiger partial charge in [0.25, 0.3) is 10.0 Å². The molecule has 9 nitrogen and oxygen atoms in total. The molecule has 0 aliphatic heterocycles. The lowest BCUT2D eigenvalue weighted by Crippen LogP contribution is -2.16. The summed E-state index contributed by atoms with van der Waals surface area (Å²) in [6, 6.07) is 19.0. The molecule has 0 saturated heterocycles. The van der Waals surface area contributed by atoms with Crippen LogP contribution in [0.25, 0.3) is 11.0 Å². The van der Waals surface area contributed by atoms with E-state index in [-0.39, 0.29) is 22.1 Å². The summed E-state index contributed by atoms with van der Waals surface area (Å²) in [6.45, 7) is 0. The standard InChI is InChI=1S/C22H18N4O5S/c1-31-16-10-12-17(13-11-16)32(29,30)26-21-20(24-18-4-2-3-5-19(18)25-21)23-15-8-6-14(7-9-15)22(27)28/h2-13H,1H3,(H,23,24)(H,25,26)(H,27,28). The smallest absolute Gasteiger partial charge is 0.335 e. The number of hydrogen-bond acceptors (Lipinski definition) is 7. The molecule has 162 valence electrons. The number of nitrogens with zero attached hydrogens (tertiary/aromatic N) is 2. The number of anilines is 3. The van der Waals surface area contributed by atoms with Gasteiger partial charge >= 0.3 is 5.97 Å². The second-order valence-corrected chi connectivity index (χ2v) is 8.38. The van der Waals surface area contributed by atoms with Crippen molar-refractivity contribution in [3.05, 3.63) is 78.4 Å². The van der Waals surface area contributed by atoms with Crippen molar-refractivity contribution >= 4 is 44.3 Å². The predicted octanol–water partition coefficient (Wildman–Crippen LogP) is 3.88. The molecule has 0 bridgehead atoms. The minimum Gasteiger partial charge on any atom is -0.497 e. The second-order valence-electron chi connectivity index (χ2n) is 6.70. The number of carboxylic acid groups (broad SMARTS) is 1. The molecule has 0 spiro atoms. The van der Waals surface area contributed by atoms with E-state index in [0.29, 0.717) is 22.5 Å². The molecular weight excluding hydrogens is 432 g/mol. The van der Waals surface area contributed by atoms with Crippen molar-refractivity contribution in [1.29, 1.82) is 0 Å². The fraction of sp³-hybridized carbons (Fsp3) is 0.0455. The van der Waals surface area contributed by atoms with Gasteiger partial charge in [-0.05, 0) is 60.7 Å². The van der Waals surface area contributed by atoms with Crippen LogP contribution in [0.2, 0.25) is 0 Å². The Labute approximate surface area is 183 Å². The maximum absolute atomic E-state index is 12.9. The Hall–Kier alpha value is -4.18. The maximum Gasteiger partial charge on any atom is 0.335 e. The lowest BCUT2D eigenvalue weighted by atomic mass is 10.2. The molecule has 10 heteroatoms. The summed E-state index contributed by atoms with van der Waals surface area (Å²) in [7, 11) is -2.47. The number of rotatable bonds is 7. The maximum atomic E-state index is 12.9. The van der Waals surface area contributed by atoms with E-state index in [4.69, 9.17) is 9.84 Å². The Morgan fingerprint density at radius 3 is 2.03 bits per heavy atom. The topological polar surface area (TPSA) is 131 Å². The molecule has 0 aliphatic carbocycles. The fourth-order valence-electron chi connectivity index (χ4n) is 2.93. The van der Waals surface area contributed by atoms with Crippen LogP contribution in [-0.4, -0.2) is 36.6 Å². The Morgan fingerprint density at radius 1 is 0.875 bits per heavy atom. The molecule has 0 amide bonds. The summed E-state index contributed by atoms with van der Waals surface area (Å²) in [5, 5.41) is 12.1. The number of sulfonamides is 1. The molecule has 0 atom stereocenters. The number of aromatic nitrogens is 2. The van der Waals surface area contributed by atoms with Crippen molar-refractivity contribution < 1.29 is 23.1 Å². The number of nitrogens with one attached hydrogen (secondary N) is 2. The van der Waals surface area contributed by atoms with Gasteiger partial charge in [-0.3, -0.25) is 4.72 Å². The zero-order valence-electron chi connectivity index (χ0n) is 16.8. The second kappa shape index (κ2) is 8.52. The van der Waals surface area contributed by atoms with Gasteiger partial charge in [-0.1, -0.05) is 12.1 Å². The van der Waals surface area contributed by atoms with E-state index in [1.165, 1.54) is 31.4 Å². The van der Waals surface area contributed by atoms with Crippen molar-refractivity contribution in [1.82, 2.24) is 9.97 Å². The van der Waals surface area contributed by atoms with E-state index in [1.54, 1.807) is 48.5 Å². The van der Waals surface area contributed by atoms with Crippen LogP contribution in [0.3, 0.4) is 0 Å². The monoisotopic (exact) mass is 450 g/mol. The summed E-state index contributed by atoms with van der Waals surface area (Å²) in [4.78, 5) is 20.0. The van der Waals surface area contributed by atoms with Crippen LogP contribution in [0.4, 0.5) is 17.3 Å². The largest absolute Gasteiger partial charge is 0.497 e. The molecule has 32 heavy (non-hydrogen) atoms. The van der Waals surface area contributed by atoms with Crippen LogP contribution in [0.15, 0.2) is 77.7 Å². The number of ether oxygens (including phenoxy) is 1. The Kier molecular flexibility index (Phi) is 5.61. The van der Waals surface area contributed by atoms with E-state index in [1.807, 2.05) is 0 Å². The lowest BCUT2D eigenvalue weighted by molar-refractivity contribution is 0.0697. The third kappa shape index (κ3) is 4.44. The van der Waals surface area contributed by atoms with Crippen LogP contribution >= 0.6 is 0 Å². The number of methoxy groups -OCH3 is 1. The number of carbonyl (C=O) groups is 1. The molecule has 0 fully saturated rings. The highest BCUT2D eigenvalue weighted by molar-refractivity contribution is 7.92. The number of hydrogen-bond donors (Lipinski definition) is 3. The van der Waals surface area contributed by atoms with Gasteiger partial charge in [0.05, 0.1) is 28.6 Å². The van der Waals surface area contributed by atoms with Gasteiger partial charge in [0.15, 0.2) is 11.6 Å².